The van der Waals surface area contributed by atoms with Crippen LogP contribution in [0.2, 0.25) is 0 Å². The third-order valence-corrected chi connectivity index (χ3v) is 12.8. The molecule has 0 aromatic carbocycles. The summed E-state index contributed by atoms with van der Waals surface area (Å²) in [5, 5.41) is 56.7. The number of hydrogen-bond donors (Lipinski definition) is 6. The molecule has 0 saturated carbocycles. The number of hydrogen-bond acceptors (Lipinski definition) is 10. The molecule has 1 aliphatic heterocycles. The number of ether oxygens (including phenoxy) is 3. The molecule has 11 nitrogen and oxygen atoms in total. The molecule has 0 radical (unpaired) electrons. The first-order valence-electron chi connectivity index (χ1n) is 28.4. The fourth-order valence-corrected chi connectivity index (χ4v) is 8.30. The van der Waals surface area contributed by atoms with Crippen LogP contribution in [-0.4, -0.2) is 99.6 Å². The van der Waals surface area contributed by atoms with E-state index in [0.717, 1.165) is 109 Å². The van der Waals surface area contributed by atoms with Gasteiger partial charge in [0.1, 0.15) is 24.4 Å². The van der Waals surface area contributed by atoms with Gasteiger partial charge >= 0.3 is 5.97 Å². The number of esters is 1. The first-order valence-corrected chi connectivity index (χ1v) is 28.4. The monoisotopic (exact) mass is 998 g/mol. The molecule has 8 atom stereocenters. The van der Waals surface area contributed by atoms with E-state index in [-0.39, 0.29) is 19.4 Å². The Bertz CT molecular complexity index is 1470. The van der Waals surface area contributed by atoms with Gasteiger partial charge in [0.05, 0.1) is 25.4 Å². The van der Waals surface area contributed by atoms with Crippen molar-refractivity contribution >= 4 is 11.9 Å². The minimum Gasteiger partial charge on any atom is -0.454 e. The number of allylic oxidation sites excluding steroid dienone is 13. The maximum absolute atomic E-state index is 13.4. The van der Waals surface area contributed by atoms with Gasteiger partial charge in [0, 0.05) is 6.42 Å². The summed E-state index contributed by atoms with van der Waals surface area (Å²) in [4.78, 5) is 26.4. The van der Waals surface area contributed by atoms with Crippen LogP contribution in [0.15, 0.2) is 85.1 Å². The molecule has 408 valence electrons. The number of unbranched alkanes of at least 4 members (excludes halogenated alkanes) is 22. The number of aliphatic hydroxyl groups is 5. The predicted octanol–water partition coefficient (Wildman–Crippen LogP) is 12.6. The van der Waals surface area contributed by atoms with Gasteiger partial charge in [-0.3, -0.25) is 9.59 Å². The molecule has 6 N–H and O–H groups in total. The zero-order chi connectivity index (χ0) is 51.8. The van der Waals surface area contributed by atoms with Gasteiger partial charge in [-0.2, -0.15) is 0 Å². The minimum absolute atomic E-state index is 0.0950. The third kappa shape index (κ3) is 36.4. The lowest BCUT2D eigenvalue weighted by molar-refractivity contribution is -0.305. The Morgan fingerprint density at radius 1 is 0.577 bits per heavy atom. The SMILES string of the molecule is CC/C=C/C=C/C=C\CCCCCCCC(=O)OC1C(OCC(NC(=O)C(O)CCCCCCC/C=C\C/C=C\C/C=C\CCCCC)C(O)/C=C/CCCCCCCCCCC)OC(CO)C(O)C1O. The number of aliphatic hydroxyl groups excluding tert-OH is 5. The number of rotatable bonds is 46. The molecule has 0 aliphatic carbocycles. The zero-order valence-corrected chi connectivity index (χ0v) is 44.8. The highest BCUT2D eigenvalue weighted by atomic mass is 16.7. The summed E-state index contributed by atoms with van der Waals surface area (Å²) in [6.07, 6.45) is 50.5. The van der Waals surface area contributed by atoms with Gasteiger partial charge < -0.3 is 45.1 Å². The lowest BCUT2D eigenvalue weighted by Gasteiger charge is -2.41. The van der Waals surface area contributed by atoms with Gasteiger partial charge in [-0.1, -0.05) is 215 Å². The van der Waals surface area contributed by atoms with Crippen LogP contribution in [-0.2, 0) is 23.8 Å². The van der Waals surface area contributed by atoms with Crippen LogP contribution in [0.4, 0.5) is 0 Å². The first-order chi connectivity index (χ1) is 34.7. The van der Waals surface area contributed by atoms with Crippen molar-refractivity contribution in [2.24, 2.45) is 0 Å². The van der Waals surface area contributed by atoms with E-state index >= 15 is 0 Å². The quantitative estimate of drug-likeness (QED) is 0.0149. The van der Waals surface area contributed by atoms with Crippen molar-refractivity contribution in [2.75, 3.05) is 13.2 Å². The van der Waals surface area contributed by atoms with Crippen LogP contribution in [0.1, 0.15) is 220 Å². The lowest BCUT2D eigenvalue weighted by atomic mass is 9.99. The molecular formula is C60H103NO10. The Morgan fingerprint density at radius 2 is 1.07 bits per heavy atom. The second-order valence-electron chi connectivity index (χ2n) is 19.3. The smallest absolute Gasteiger partial charge is 0.306 e. The number of carbonyl (C=O) groups excluding carboxylic acids is 2. The fourth-order valence-electron chi connectivity index (χ4n) is 8.30. The largest absolute Gasteiger partial charge is 0.454 e. The summed E-state index contributed by atoms with van der Waals surface area (Å²) in [6.45, 7) is 5.57. The van der Waals surface area contributed by atoms with E-state index in [1.54, 1.807) is 6.08 Å². The average Bonchev–Trinajstić information content (AvgIpc) is 3.37. The van der Waals surface area contributed by atoms with Crippen molar-refractivity contribution in [3.63, 3.8) is 0 Å². The maximum atomic E-state index is 13.4. The highest BCUT2D eigenvalue weighted by Crippen LogP contribution is 2.26. The van der Waals surface area contributed by atoms with Crippen molar-refractivity contribution in [2.45, 2.75) is 269 Å². The van der Waals surface area contributed by atoms with Crippen molar-refractivity contribution in [1.29, 1.82) is 0 Å². The maximum Gasteiger partial charge on any atom is 0.306 e. The summed E-state index contributed by atoms with van der Waals surface area (Å²) >= 11 is 0. The van der Waals surface area contributed by atoms with Crippen LogP contribution < -0.4 is 5.32 Å². The zero-order valence-electron chi connectivity index (χ0n) is 44.8. The van der Waals surface area contributed by atoms with E-state index < -0.39 is 67.4 Å². The van der Waals surface area contributed by atoms with Crippen LogP contribution >= 0.6 is 0 Å². The predicted molar refractivity (Wildman–Crippen MR) is 292 cm³/mol. The van der Waals surface area contributed by atoms with Crippen LogP contribution in [0.5, 0.6) is 0 Å². The molecule has 1 amide bonds. The van der Waals surface area contributed by atoms with Gasteiger partial charge in [-0.25, -0.2) is 0 Å². The normalized spacial score (nSPS) is 20.3. The van der Waals surface area contributed by atoms with E-state index in [1.807, 2.05) is 24.3 Å². The second kappa shape index (κ2) is 47.8. The van der Waals surface area contributed by atoms with Crippen molar-refractivity contribution in [3.05, 3.63) is 85.1 Å². The Balaban J connectivity index is 2.74. The molecule has 1 saturated heterocycles. The molecule has 1 rings (SSSR count). The Labute approximate surface area is 432 Å². The van der Waals surface area contributed by atoms with Gasteiger partial charge in [-0.05, 0) is 83.5 Å². The molecule has 0 aromatic rings. The van der Waals surface area contributed by atoms with E-state index in [4.69, 9.17) is 14.2 Å². The van der Waals surface area contributed by atoms with Crippen molar-refractivity contribution < 1.29 is 49.3 Å². The van der Waals surface area contributed by atoms with Crippen LogP contribution in [0.25, 0.3) is 0 Å². The standard InChI is InChI=1S/C60H103NO10/c1-4-7-10-13-16-19-22-24-25-26-27-28-30-32-35-38-41-44-47-53(64)59(68)61-51(52(63)46-43-40-37-34-31-21-18-15-12-9-6-3)50-69-60-58(57(67)56(66)54(49-62)70-60)71-55(65)48-45-42-39-36-33-29-23-20-17-14-11-8-5-2/h8,11,14,16-17,19-20,23-25,27-28,43,46,51-54,56-58,60,62-64,66-67H,4-7,9-10,12-13,15,18,21-22,26,29-42,44-45,47-50H2,1-3H3,(H,61,68)/b11-8+,17-14+,19-16-,23-20-,25-24-,28-27-,46-43+. The van der Waals surface area contributed by atoms with Crippen molar-refractivity contribution in [1.82, 2.24) is 5.32 Å². The van der Waals surface area contributed by atoms with E-state index in [9.17, 15) is 35.1 Å². The first kappa shape index (κ1) is 65.9. The summed E-state index contributed by atoms with van der Waals surface area (Å²) < 4.78 is 17.5. The molecule has 1 aliphatic rings. The Morgan fingerprint density at radius 3 is 1.66 bits per heavy atom. The molecule has 71 heavy (non-hydrogen) atoms. The summed E-state index contributed by atoms with van der Waals surface area (Å²) in [6, 6.07) is -1.04. The highest BCUT2D eigenvalue weighted by molar-refractivity contribution is 5.80. The number of nitrogens with one attached hydrogen (secondary N) is 1. The van der Waals surface area contributed by atoms with E-state index in [0.29, 0.717) is 12.8 Å². The van der Waals surface area contributed by atoms with Crippen LogP contribution in [0.3, 0.4) is 0 Å². The highest BCUT2D eigenvalue weighted by Gasteiger charge is 2.47. The molecule has 11 heteroatoms. The molecule has 1 fully saturated rings. The molecule has 0 spiro atoms. The van der Waals surface area contributed by atoms with E-state index in [2.05, 4.69) is 80.8 Å². The fraction of sp³-hybridized carbons (Fsp3) is 0.733. The van der Waals surface area contributed by atoms with Crippen molar-refractivity contribution in [3.8, 4) is 0 Å². The summed E-state index contributed by atoms with van der Waals surface area (Å²) in [5.41, 5.74) is 0. The van der Waals surface area contributed by atoms with Gasteiger partial charge in [-0.15, -0.1) is 0 Å². The minimum atomic E-state index is -1.63. The molecule has 0 aromatic heterocycles. The number of carbonyl (C=O) groups is 2. The van der Waals surface area contributed by atoms with Gasteiger partial charge in [0.15, 0.2) is 12.4 Å². The Hall–Kier alpha value is -3.16. The molecule has 8 unspecified atom stereocenters. The second-order valence-corrected chi connectivity index (χ2v) is 19.3. The Kier molecular flexibility index (Phi) is 44.4. The third-order valence-electron chi connectivity index (χ3n) is 12.8. The van der Waals surface area contributed by atoms with E-state index in [1.165, 1.54) is 64.2 Å². The number of amides is 1. The molecule has 0 bridgehead atoms. The van der Waals surface area contributed by atoms with Crippen LogP contribution in [0, 0.1) is 0 Å². The topological polar surface area (TPSA) is 175 Å². The summed E-state index contributed by atoms with van der Waals surface area (Å²) in [5.74, 6) is -1.24. The molecular weight excluding hydrogens is 895 g/mol. The lowest BCUT2D eigenvalue weighted by Crippen LogP contribution is -2.61. The van der Waals surface area contributed by atoms with Gasteiger partial charge in [0.25, 0.3) is 0 Å². The summed E-state index contributed by atoms with van der Waals surface area (Å²) in [7, 11) is 0. The average molecular weight is 998 g/mol. The van der Waals surface area contributed by atoms with Gasteiger partial charge in [0.2, 0.25) is 5.91 Å². The molecule has 1 heterocycles.